The van der Waals surface area contributed by atoms with E-state index in [1.807, 2.05) is 32.9 Å². The molecule has 1 heterocycles. The Hall–Kier alpha value is -0.910. The van der Waals surface area contributed by atoms with Gasteiger partial charge < -0.3 is 5.32 Å². The van der Waals surface area contributed by atoms with Crippen LogP contribution in [0, 0.1) is 0 Å². The van der Waals surface area contributed by atoms with Crippen LogP contribution in [0.4, 0.5) is 0 Å². The van der Waals surface area contributed by atoms with Gasteiger partial charge in [0.05, 0.1) is 4.90 Å². The highest BCUT2D eigenvalue weighted by Gasteiger charge is 2.32. The Bertz CT molecular complexity index is 540. The van der Waals surface area contributed by atoms with Crippen molar-refractivity contribution in [2.45, 2.75) is 37.6 Å². The monoisotopic (exact) mass is 282 g/mol. The van der Waals surface area contributed by atoms with Crippen molar-refractivity contribution in [1.82, 2.24) is 9.62 Å². The maximum absolute atomic E-state index is 12.8. The predicted molar refractivity (Wildman–Crippen MR) is 76.8 cm³/mol. The largest absolute Gasteiger partial charge is 0.314 e. The van der Waals surface area contributed by atoms with Crippen LogP contribution >= 0.6 is 0 Å². The van der Waals surface area contributed by atoms with E-state index in [0.717, 1.165) is 5.56 Å². The summed E-state index contributed by atoms with van der Waals surface area (Å²) in [6.45, 7) is 7.96. The van der Waals surface area contributed by atoms with Gasteiger partial charge in [-0.15, -0.1) is 0 Å². The highest BCUT2D eigenvalue weighted by Crippen LogP contribution is 2.27. The predicted octanol–water partition coefficient (Wildman–Crippen LogP) is 1.79. The van der Waals surface area contributed by atoms with Crippen molar-refractivity contribution in [3.8, 4) is 0 Å². The molecule has 1 atom stereocenters. The molecular formula is C14H22N2O2S. The average Bonchev–Trinajstić information content (AvgIpc) is 2.39. The lowest BCUT2D eigenvalue weighted by molar-refractivity contribution is 0.283. The maximum atomic E-state index is 12.8. The molecule has 1 saturated heterocycles. The van der Waals surface area contributed by atoms with Crippen molar-refractivity contribution in [2.24, 2.45) is 0 Å². The second kappa shape index (κ2) is 5.61. The van der Waals surface area contributed by atoms with E-state index in [1.165, 1.54) is 0 Å². The van der Waals surface area contributed by atoms with Crippen LogP contribution in [-0.2, 0) is 10.0 Å². The molecule has 1 aromatic carbocycles. The van der Waals surface area contributed by atoms with E-state index in [0.29, 0.717) is 24.5 Å². The summed E-state index contributed by atoms with van der Waals surface area (Å²) >= 11 is 0. The SMILES string of the molecule is CC(C)c1ccccc1S(=O)(=O)N1CCNCC1C. The van der Waals surface area contributed by atoms with E-state index < -0.39 is 10.0 Å². The minimum atomic E-state index is -3.39. The number of nitrogens with zero attached hydrogens (tertiary/aromatic N) is 1. The minimum absolute atomic E-state index is 0.000955. The number of rotatable bonds is 3. The van der Waals surface area contributed by atoms with Crippen LogP contribution in [0.25, 0.3) is 0 Å². The fraction of sp³-hybridized carbons (Fsp3) is 0.571. The summed E-state index contributed by atoms with van der Waals surface area (Å²) in [5, 5.41) is 3.22. The van der Waals surface area contributed by atoms with Gasteiger partial charge in [0.25, 0.3) is 0 Å². The van der Waals surface area contributed by atoms with Crippen LogP contribution in [0.1, 0.15) is 32.3 Å². The van der Waals surface area contributed by atoms with E-state index in [4.69, 9.17) is 0 Å². The lowest BCUT2D eigenvalue weighted by Crippen LogP contribution is -2.52. The second-order valence-corrected chi connectivity index (χ2v) is 7.22. The van der Waals surface area contributed by atoms with Crippen LogP contribution in [-0.4, -0.2) is 38.4 Å². The van der Waals surface area contributed by atoms with E-state index in [9.17, 15) is 8.42 Å². The van der Waals surface area contributed by atoms with Gasteiger partial charge in [-0.05, 0) is 24.5 Å². The van der Waals surface area contributed by atoms with Gasteiger partial charge in [-0.1, -0.05) is 32.0 Å². The average molecular weight is 282 g/mol. The Labute approximate surface area is 115 Å². The molecule has 1 aromatic rings. The first kappa shape index (κ1) is 14.5. The molecule has 0 saturated carbocycles. The third-order valence-electron chi connectivity index (χ3n) is 3.57. The number of piperazine rings is 1. The topological polar surface area (TPSA) is 49.4 Å². The normalized spacial score (nSPS) is 21.8. The van der Waals surface area contributed by atoms with E-state index in [1.54, 1.807) is 16.4 Å². The minimum Gasteiger partial charge on any atom is -0.314 e. The number of nitrogens with one attached hydrogen (secondary N) is 1. The molecule has 0 bridgehead atoms. The summed E-state index contributed by atoms with van der Waals surface area (Å²) in [6.07, 6.45) is 0. The lowest BCUT2D eigenvalue weighted by atomic mass is 10.0. The zero-order valence-corrected chi connectivity index (χ0v) is 12.6. The van der Waals surface area contributed by atoms with Crippen molar-refractivity contribution in [2.75, 3.05) is 19.6 Å². The summed E-state index contributed by atoms with van der Waals surface area (Å²) in [5.41, 5.74) is 0.897. The molecule has 5 heteroatoms. The summed E-state index contributed by atoms with van der Waals surface area (Å²) in [5.74, 6) is 0.198. The molecular weight excluding hydrogens is 260 g/mol. The fourth-order valence-corrected chi connectivity index (χ4v) is 4.48. The van der Waals surface area contributed by atoms with Crippen LogP contribution in [0.2, 0.25) is 0 Å². The molecule has 2 rings (SSSR count). The van der Waals surface area contributed by atoms with E-state index in [-0.39, 0.29) is 12.0 Å². The van der Waals surface area contributed by atoms with Crippen molar-refractivity contribution >= 4 is 10.0 Å². The molecule has 1 aliphatic rings. The molecule has 0 spiro atoms. The van der Waals surface area contributed by atoms with E-state index >= 15 is 0 Å². The first-order valence-electron chi connectivity index (χ1n) is 6.76. The highest BCUT2D eigenvalue weighted by molar-refractivity contribution is 7.89. The maximum Gasteiger partial charge on any atom is 0.243 e. The first-order chi connectivity index (χ1) is 8.94. The standard InChI is InChI=1S/C14H22N2O2S/c1-11(2)13-6-4-5-7-14(13)19(17,18)16-9-8-15-10-12(16)3/h4-7,11-12,15H,8-10H2,1-3H3. The van der Waals surface area contributed by atoms with E-state index in [2.05, 4.69) is 5.32 Å². The molecule has 1 N–H and O–H groups in total. The quantitative estimate of drug-likeness (QED) is 0.919. The van der Waals surface area contributed by atoms with Crippen LogP contribution in [0.3, 0.4) is 0 Å². The number of sulfonamides is 1. The zero-order chi connectivity index (χ0) is 14.0. The van der Waals surface area contributed by atoms with Crippen LogP contribution < -0.4 is 5.32 Å². The van der Waals surface area contributed by atoms with Crippen molar-refractivity contribution in [3.05, 3.63) is 29.8 Å². The number of hydrogen-bond donors (Lipinski definition) is 1. The summed E-state index contributed by atoms with van der Waals surface area (Å²) in [6, 6.07) is 7.32. The highest BCUT2D eigenvalue weighted by atomic mass is 32.2. The molecule has 1 aliphatic heterocycles. The molecule has 19 heavy (non-hydrogen) atoms. The third kappa shape index (κ3) is 2.83. The van der Waals surface area contributed by atoms with Gasteiger partial charge in [0, 0.05) is 25.7 Å². The molecule has 0 aliphatic carbocycles. The molecule has 1 unspecified atom stereocenters. The molecule has 1 fully saturated rings. The Morgan fingerprint density at radius 2 is 2.00 bits per heavy atom. The second-order valence-electron chi connectivity index (χ2n) is 5.36. The molecule has 0 amide bonds. The Kier molecular flexibility index (Phi) is 4.28. The first-order valence-corrected chi connectivity index (χ1v) is 8.20. The van der Waals surface area contributed by atoms with Crippen molar-refractivity contribution in [1.29, 1.82) is 0 Å². The Balaban J connectivity index is 2.44. The Morgan fingerprint density at radius 1 is 1.32 bits per heavy atom. The number of hydrogen-bond acceptors (Lipinski definition) is 3. The van der Waals surface area contributed by atoms with Crippen LogP contribution in [0.5, 0.6) is 0 Å². The zero-order valence-electron chi connectivity index (χ0n) is 11.8. The lowest BCUT2D eigenvalue weighted by Gasteiger charge is -2.33. The van der Waals surface area contributed by atoms with Gasteiger partial charge in [0.1, 0.15) is 0 Å². The van der Waals surface area contributed by atoms with Crippen LogP contribution in [0.15, 0.2) is 29.2 Å². The molecule has 0 aromatic heterocycles. The fourth-order valence-electron chi connectivity index (χ4n) is 2.50. The van der Waals surface area contributed by atoms with Gasteiger partial charge in [0.2, 0.25) is 10.0 Å². The molecule has 106 valence electrons. The molecule has 0 radical (unpaired) electrons. The van der Waals surface area contributed by atoms with Crippen molar-refractivity contribution in [3.63, 3.8) is 0 Å². The summed E-state index contributed by atoms with van der Waals surface area (Å²) in [7, 11) is -3.39. The molecule has 4 nitrogen and oxygen atoms in total. The summed E-state index contributed by atoms with van der Waals surface area (Å²) in [4.78, 5) is 0.457. The van der Waals surface area contributed by atoms with Crippen molar-refractivity contribution < 1.29 is 8.42 Å². The smallest absolute Gasteiger partial charge is 0.243 e. The van der Waals surface area contributed by atoms with Gasteiger partial charge >= 0.3 is 0 Å². The Morgan fingerprint density at radius 3 is 2.63 bits per heavy atom. The van der Waals surface area contributed by atoms with Gasteiger partial charge in [-0.3, -0.25) is 0 Å². The third-order valence-corrected chi connectivity index (χ3v) is 5.66. The van der Waals surface area contributed by atoms with Gasteiger partial charge in [0.15, 0.2) is 0 Å². The number of benzene rings is 1. The van der Waals surface area contributed by atoms with Gasteiger partial charge in [-0.2, -0.15) is 4.31 Å². The van der Waals surface area contributed by atoms with Gasteiger partial charge in [-0.25, -0.2) is 8.42 Å². The summed E-state index contributed by atoms with van der Waals surface area (Å²) < 4.78 is 27.3.